The predicted octanol–water partition coefficient (Wildman–Crippen LogP) is 5.56. The first-order valence-corrected chi connectivity index (χ1v) is 12.6. The molecule has 35 heavy (non-hydrogen) atoms. The molecule has 1 aliphatic carbocycles. The van der Waals surface area contributed by atoms with E-state index in [1.165, 1.54) is 0 Å². The number of rotatable bonds is 3. The van der Waals surface area contributed by atoms with Crippen molar-refractivity contribution in [2.24, 2.45) is 0 Å². The molecule has 1 fully saturated rings. The van der Waals surface area contributed by atoms with Crippen LogP contribution in [-0.2, 0) is 24.2 Å². The van der Waals surface area contributed by atoms with E-state index in [1.807, 2.05) is 45.9 Å². The molecule has 0 unspecified atom stereocenters. The van der Waals surface area contributed by atoms with Crippen molar-refractivity contribution in [2.45, 2.75) is 90.3 Å². The fraction of sp³-hybridized carbons (Fsp3) is 0.560. The SMILES string of the molecule is CCc1nc(C2CCC(c3nnc4n3-c3ccc(Cl)cc3CN(C(=O)OC(C)(C)C)C4)CC2)no1. The van der Waals surface area contributed by atoms with Gasteiger partial charge in [0.2, 0.25) is 5.89 Å². The maximum Gasteiger partial charge on any atom is 0.411 e. The Kier molecular flexibility index (Phi) is 6.29. The van der Waals surface area contributed by atoms with Crippen LogP contribution < -0.4 is 0 Å². The van der Waals surface area contributed by atoms with E-state index in [0.717, 1.165) is 60.8 Å². The molecule has 0 saturated heterocycles. The van der Waals surface area contributed by atoms with Gasteiger partial charge in [-0.2, -0.15) is 4.98 Å². The Bertz CT molecular complexity index is 1220. The number of hydrogen-bond acceptors (Lipinski definition) is 7. The molecule has 186 valence electrons. The predicted molar refractivity (Wildman–Crippen MR) is 129 cm³/mol. The number of amides is 1. The van der Waals surface area contributed by atoms with Crippen LogP contribution in [-0.4, -0.2) is 41.5 Å². The summed E-state index contributed by atoms with van der Waals surface area (Å²) < 4.78 is 13.1. The van der Waals surface area contributed by atoms with Crippen LogP contribution >= 0.6 is 11.6 Å². The Balaban J connectivity index is 1.42. The van der Waals surface area contributed by atoms with Gasteiger partial charge in [0, 0.05) is 23.3 Å². The first-order chi connectivity index (χ1) is 16.7. The van der Waals surface area contributed by atoms with Gasteiger partial charge in [0.1, 0.15) is 11.4 Å². The average Bonchev–Trinajstić information content (AvgIpc) is 3.42. The maximum atomic E-state index is 13.0. The number of fused-ring (bicyclic) bond motifs is 3. The monoisotopic (exact) mass is 498 g/mol. The minimum atomic E-state index is -0.589. The Labute approximate surface area is 209 Å². The van der Waals surface area contributed by atoms with Crippen molar-refractivity contribution in [3.8, 4) is 5.69 Å². The van der Waals surface area contributed by atoms with E-state index in [2.05, 4.69) is 24.9 Å². The summed E-state index contributed by atoms with van der Waals surface area (Å²) in [5.41, 5.74) is 1.31. The Morgan fingerprint density at radius 1 is 1.14 bits per heavy atom. The van der Waals surface area contributed by atoms with Crippen LogP contribution in [0.4, 0.5) is 4.79 Å². The summed E-state index contributed by atoms with van der Waals surface area (Å²) in [5, 5.41) is 14.0. The van der Waals surface area contributed by atoms with Crippen molar-refractivity contribution >= 4 is 17.7 Å². The molecule has 0 N–H and O–H groups in total. The quantitative estimate of drug-likeness (QED) is 0.466. The second-order valence-corrected chi connectivity index (χ2v) is 10.8. The summed E-state index contributed by atoms with van der Waals surface area (Å²) in [6, 6.07) is 5.77. The first kappa shape index (κ1) is 23.8. The van der Waals surface area contributed by atoms with Crippen molar-refractivity contribution in [1.82, 2.24) is 29.8 Å². The van der Waals surface area contributed by atoms with Gasteiger partial charge in [0.15, 0.2) is 11.6 Å². The van der Waals surface area contributed by atoms with Crippen molar-refractivity contribution < 1.29 is 14.1 Å². The fourth-order valence-corrected chi connectivity index (χ4v) is 5.13. The lowest BCUT2D eigenvalue weighted by molar-refractivity contribution is 0.0214. The Morgan fingerprint density at radius 3 is 2.57 bits per heavy atom. The van der Waals surface area contributed by atoms with E-state index in [4.69, 9.17) is 20.9 Å². The van der Waals surface area contributed by atoms with Gasteiger partial charge in [-0.05, 0) is 70.2 Å². The number of hydrogen-bond donors (Lipinski definition) is 0. The smallest absolute Gasteiger partial charge is 0.411 e. The van der Waals surface area contributed by atoms with Crippen molar-refractivity contribution in [3.05, 3.63) is 52.1 Å². The zero-order valence-corrected chi connectivity index (χ0v) is 21.4. The van der Waals surface area contributed by atoms with Crippen LogP contribution in [0.15, 0.2) is 22.7 Å². The highest BCUT2D eigenvalue weighted by Gasteiger charge is 2.34. The zero-order chi connectivity index (χ0) is 24.7. The van der Waals surface area contributed by atoms with Gasteiger partial charge in [0.05, 0.1) is 18.8 Å². The lowest BCUT2D eigenvalue weighted by atomic mass is 9.81. The molecule has 3 aromatic rings. The van der Waals surface area contributed by atoms with E-state index in [0.29, 0.717) is 29.9 Å². The Morgan fingerprint density at radius 2 is 1.89 bits per heavy atom. The molecule has 0 atom stereocenters. The molecule has 2 aliphatic rings. The van der Waals surface area contributed by atoms with Gasteiger partial charge in [-0.1, -0.05) is 23.7 Å². The molecule has 1 aliphatic heterocycles. The molecule has 9 nitrogen and oxygen atoms in total. The standard InChI is InChI=1S/C25H31ClN6O3/c1-5-21-27-22(30-35-21)15-6-8-16(9-7-15)23-29-28-20-14-31(24(33)34-25(2,3)4)13-17-12-18(26)10-11-19(17)32(20)23/h10-12,15-16H,5-9,13-14H2,1-4H3. The number of nitrogens with zero attached hydrogens (tertiary/aromatic N) is 6. The topological polar surface area (TPSA) is 99.2 Å². The minimum Gasteiger partial charge on any atom is -0.444 e. The lowest BCUT2D eigenvalue weighted by Crippen LogP contribution is -2.35. The number of ether oxygens (including phenoxy) is 1. The Hall–Kier alpha value is -2.94. The van der Waals surface area contributed by atoms with Crippen LogP contribution in [0.2, 0.25) is 5.02 Å². The molecule has 1 aromatic carbocycles. The third-order valence-corrected chi connectivity index (χ3v) is 6.86. The van der Waals surface area contributed by atoms with Crippen molar-refractivity contribution in [3.63, 3.8) is 0 Å². The van der Waals surface area contributed by atoms with E-state index in [9.17, 15) is 4.79 Å². The fourth-order valence-electron chi connectivity index (χ4n) is 4.93. The number of carbonyl (C=O) groups is 1. The first-order valence-electron chi connectivity index (χ1n) is 12.2. The molecule has 0 bridgehead atoms. The molecule has 1 amide bonds. The van der Waals surface area contributed by atoms with Crippen LogP contribution in [0.5, 0.6) is 0 Å². The van der Waals surface area contributed by atoms with E-state index in [1.54, 1.807) is 4.90 Å². The highest BCUT2D eigenvalue weighted by Crippen LogP contribution is 2.41. The van der Waals surface area contributed by atoms with Gasteiger partial charge >= 0.3 is 6.09 Å². The summed E-state index contributed by atoms with van der Waals surface area (Å²) in [7, 11) is 0. The van der Waals surface area contributed by atoms with Crippen molar-refractivity contribution in [2.75, 3.05) is 0 Å². The molecule has 0 radical (unpaired) electrons. The molecular formula is C25H31ClN6O3. The summed E-state index contributed by atoms with van der Waals surface area (Å²) in [4.78, 5) is 19.2. The lowest BCUT2D eigenvalue weighted by Gasteiger charge is -2.26. The van der Waals surface area contributed by atoms with Crippen LogP contribution in [0.25, 0.3) is 5.69 Å². The number of aromatic nitrogens is 5. The van der Waals surface area contributed by atoms with Crippen LogP contribution in [0, 0.1) is 0 Å². The molecule has 3 heterocycles. The van der Waals surface area contributed by atoms with Crippen LogP contribution in [0.3, 0.4) is 0 Å². The zero-order valence-electron chi connectivity index (χ0n) is 20.6. The largest absolute Gasteiger partial charge is 0.444 e. The van der Waals surface area contributed by atoms with Gasteiger partial charge in [-0.15, -0.1) is 10.2 Å². The number of halogens is 1. The second-order valence-electron chi connectivity index (χ2n) is 10.4. The van der Waals surface area contributed by atoms with Gasteiger partial charge < -0.3 is 9.26 Å². The number of carbonyl (C=O) groups excluding carboxylic acids is 1. The highest BCUT2D eigenvalue weighted by atomic mass is 35.5. The summed E-state index contributed by atoms with van der Waals surface area (Å²) in [5.74, 6) is 3.70. The van der Waals surface area contributed by atoms with Gasteiger partial charge in [0.25, 0.3) is 0 Å². The molecule has 10 heteroatoms. The summed E-state index contributed by atoms with van der Waals surface area (Å²) >= 11 is 6.34. The van der Waals surface area contributed by atoms with E-state index >= 15 is 0 Å². The molecule has 5 rings (SSSR count). The maximum absolute atomic E-state index is 13.0. The van der Waals surface area contributed by atoms with Gasteiger partial charge in [-0.25, -0.2) is 4.79 Å². The van der Waals surface area contributed by atoms with E-state index in [-0.39, 0.29) is 12.0 Å². The van der Waals surface area contributed by atoms with Crippen molar-refractivity contribution in [1.29, 1.82) is 0 Å². The minimum absolute atomic E-state index is 0.252. The molecule has 2 aromatic heterocycles. The number of aryl methyl sites for hydroxylation is 1. The number of benzene rings is 1. The normalized spacial score (nSPS) is 20.2. The molecule has 1 saturated carbocycles. The van der Waals surface area contributed by atoms with Crippen LogP contribution in [0.1, 0.15) is 94.1 Å². The van der Waals surface area contributed by atoms with Gasteiger partial charge in [-0.3, -0.25) is 9.47 Å². The summed E-state index contributed by atoms with van der Waals surface area (Å²) in [6.45, 7) is 8.30. The second kappa shape index (κ2) is 9.26. The molecular weight excluding hydrogens is 468 g/mol. The average molecular weight is 499 g/mol. The summed E-state index contributed by atoms with van der Waals surface area (Å²) in [6.07, 6.45) is 4.21. The third kappa shape index (κ3) is 4.91. The third-order valence-electron chi connectivity index (χ3n) is 6.63. The molecule has 0 spiro atoms. The highest BCUT2D eigenvalue weighted by molar-refractivity contribution is 6.30. The van der Waals surface area contributed by atoms with E-state index < -0.39 is 5.60 Å².